The van der Waals surface area contributed by atoms with E-state index in [1.54, 1.807) is 0 Å². The lowest BCUT2D eigenvalue weighted by atomic mass is 9.92. The van der Waals surface area contributed by atoms with Crippen LogP contribution < -0.4 is 0 Å². The standard InChI is InChI=1S/C9H13FN2/c1-9-2-7(4-11)5-12(9)6-8(10)3-9/h7-8H,2-3,5-6H2,1H3. The molecule has 66 valence electrons. The highest BCUT2D eigenvalue weighted by Gasteiger charge is 2.48. The fraction of sp³-hybridized carbons (Fsp3) is 0.889. The van der Waals surface area contributed by atoms with Crippen molar-refractivity contribution >= 4 is 0 Å². The molecule has 0 spiro atoms. The SMILES string of the molecule is CC12CC(F)CN1CC(C#N)C2. The molecule has 0 saturated carbocycles. The summed E-state index contributed by atoms with van der Waals surface area (Å²) in [6.45, 7) is 3.38. The summed E-state index contributed by atoms with van der Waals surface area (Å²) in [4.78, 5) is 2.13. The monoisotopic (exact) mass is 168 g/mol. The smallest absolute Gasteiger partial charge is 0.115 e. The quantitative estimate of drug-likeness (QED) is 0.545. The minimum atomic E-state index is -0.672. The number of rotatable bonds is 0. The van der Waals surface area contributed by atoms with E-state index < -0.39 is 6.17 Å². The summed E-state index contributed by atoms with van der Waals surface area (Å²) in [5.41, 5.74) is -0.0141. The van der Waals surface area contributed by atoms with Crippen LogP contribution in [0.1, 0.15) is 19.8 Å². The summed E-state index contributed by atoms with van der Waals surface area (Å²) < 4.78 is 13.0. The van der Waals surface area contributed by atoms with Crippen LogP contribution >= 0.6 is 0 Å². The third-order valence-electron chi connectivity index (χ3n) is 3.15. The highest BCUT2D eigenvalue weighted by molar-refractivity contribution is 5.07. The van der Waals surface area contributed by atoms with Gasteiger partial charge in [-0.2, -0.15) is 5.26 Å². The lowest BCUT2D eigenvalue weighted by Gasteiger charge is -2.25. The Morgan fingerprint density at radius 2 is 2.25 bits per heavy atom. The van der Waals surface area contributed by atoms with Crippen molar-refractivity contribution in [2.45, 2.75) is 31.5 Å². The van der Waals surface area contributed by atoms with Crippen molar-refractivity contribution in [3.05, 3.63) is 0 Å². The van der Waals surface area contributed by atoms with Gasteiger partial charge in [0.1, 0.15) is 6.17 Å². The van der Waals surface area contributed by atoms with E-state index >= 15 is 0 Å². The van der Waals surface area contributed by atoms with E-state index in [1.807, 2.05) is 0 Å². The average Bonchev–Trinajstić information content (AvgIpc) is 2.38. The summed E-state index contributed by atoms with van der Waals surface area (Å²) in [5.74, 6) is 0.127. The molecule has 2 saturated heterocycles. The van der Waals surface area contributed by atoms with Crippen LogP contribution in [0.5, 0.6) is 0 Å². The number of hydrogen-bond donors (Lipinski definition) is 0. The molecule has 12 heavy (non-hydrogen) atoms. The second-order valence-corrected chi connectivity index (χ2v) is 4.23. The molecule has 2 nitrogen and oxygen atoms in total. The van der Waals surface area contributed by atoms with Crippen molar-refractivity contribution in [1.82, 2.24) is 4.90 Å². The van der Waals surface area contributed by atoms with Crippen LogP contribution in [0, 0.1) is 17.2 Å². The van der Waals surface area contributed by atoms with Crippen molar-refractivity contribution in [3.8, 4) is 6.07 Å². The number of fused-ring (bicyclic) bond motifs is 1. The average molecular weight is 168 g/mol. The van der Waals surface area contributed by atoms with Crippen molar-refractivity contribution in [2.24, 2.45) is 5.92 Å². The van der Waals surface area contributed by atoms with Gasteiger partial charge in [-0.1, -0.05) is 0 Å². The molecule has 2 rings (SSSR count). The van der Waals surface area contributed by atoms with E-state index in [1.165, 1.54) is 0 Å². The third kappa shape index (κ3) is 1.02. The fourth-order valence-electron chi connectivity index (χ4n) is 2.59. The molecule has 0 aromatic heterocycles. The maximum atomic E-state index is 13.0. The summed E-state index contributed by atoms with van der Waals surface area (Å²) in [6, 6.07) is 2.27. The highest BCUT2D eigenvalue weighted by atomic mass is 19.1. The normalized spacial score (nSPS) is 47.4. The molecule has 3 atom stereocenters. The maximum Gasteiger partial charge on any atom is 0.115 e. The minimum Gasteiger partial charge on any atom is -0.294 e. The number of alkyl halides is 1. The van der Waals surface area contributed by atoms with Gasteiger partial charge in [-0.15, -0.1) is 0 Å². The van der Waals surface area contributed by atoms with Crippen molar-refractivity contribution < 1.29 is 4.39 Å². The number of hydrogen-bond acceptors (Lipinski definition) is 2. The van der Waals surface area contributed by atoms with Crippen LogP contribution in [0.15, 0.2) is 0 Å². The Hall–Kier alpha value is -0.620. The van der Waals surface area contributed by atoms with Crippen LogP contribution in [-0.2, 0) is 0 Å². The molecular weight excluding hydrogens is 155 g/mol. The van der Waals surface area contributed by atoms with E-state index in [-0.39, 0.29) is 11.5 Å². The van der Waals surface area contributed by atoms with Gasteiger partial charge in [0.25, 0.3) is 0 Å². The zero-order valence-electron chi connectivity index (χ0n) is 7.26. The number of halogens is 1. The van der Waals surface area contributed by atoms with E-state index in [9.17, 15) is 4.39 Å². The molecule has 0 amide bonds. The van der Waals surface area contributed by atoms with Crippen LogP contribution in [0.25, 0.3) is 0 Å². The van der Waals surface area contributed by atoms with E-state index in [0.717, 1.165) is 13.0 Å². The molecule has 3 heteroatoms. The highest BCUT2D eigenvalue weighted by Crippen LogP contribution is 2.41. The topological polar surface area (TPSA) is 27.0 Å². The lowest BCUT2D eigenvalue weighted by molar-refractivity contribution is 0.217. The first kappa shape index (κ1) is 8.00. The van der Waals surface area contributed by atoms with Gasteiger partial charge >= 0.3 is 0 Å². The minimum absolute atomic E-state index is 0.0141. The van der Waals surface area contributed by atoms with E-state index in [2.05, 4.69) is 17.9 Å². The second-order valence-electron chi connectivity index (χ2n) is 4.23. The van der Waals surface area contributed by atoms with Gasteiger partial charge in [0.05, 0.1) is 12.0 Å². The Morgan fingerprint density at radius 1 is 1.50 bits per heavy atom. The molecule has 0 bridgehead atoms. The van der Waals surface area contributed by atoms with E-state index in [4.69, 9.17) is 5.26 Å². The van der Waals surface area contributed by atoms with Crippen LogP contribution in [0.2, 0.25) is 0 Å². The molecular formula is C9H13FN2. The zero-order valence-corrected chi connectivity index (χ0v) is 7.26. The predicted molar refractivity (Wildman–Crippen MR) is 43.2 cm³/mol. The predicted octanol–water partition coefficient (Wildman–Crippen LogP) is 1.33. The molecule has 0 N–H and O–H groups in total. The molecule has 2 aliphatic rings. The van der Waals surface area contributed by atoms with Gasteiger partial charge in [-0.25, -0.2) is 4.39 Å². The van der Waals surface area contributed by atoms with E-state index in [0.29, 0.717) is 13.0 Å². The molecule has 2 fully saturated rings. The van der Waals surface area contributed by atoms with Gasteiger partial charge in [0.15, 0.2) is 0 Å². The van der Waals surface area contributed by atoms with Gasteiger partial charge in [-0.05, 0) is 19.8 Å². The first-order valence-electron chi connectivity index (χ1n) is 4.43. The Bertz CT molecular complexity index is 235. The Labute approximate surface area is 72.0 Å². The summed E-state index contributed by atoms with van der Waals surface area (Å²) in [6.07, 6.45) is 0.796. The Morgan fingerprint density at radius 3 is 2.83 bits per heavy atom. The molecule has 0 aromatic rings. The largest absolute Gasteiger partial charge is 0.294 e. The number of nitriles is 1. The van der Waals surface area contributed by atoms with Crippen LogP contribution in [0.3, 0.4) is 0 Å². The Kier molecular flexibility index (Phi) is 1.62. The molecule has 2 aliphatic heterocycles. The maximum absolute atomic E-state index is 13.0. The van der Waals surface area contributed by atoms with Crippen LogP contribution in [0.4, 0.5) is 4.39 Å². The Balaban J connectivity index is 2.13. The second kappa shape index (κ2) is 2.43. The summed E-state index contributed by atoms with van der Waals surface area (Å²) in [7, 11) is 0. The summed E-state index contributed by atoms with van der Waals surface area (Å²) in [5, 5.41) is 8.73. The van der Waals surface area contributed by atoms with Crippen molar-refractivity contribution in [2.75, 3.05) is 13.1 Å². The van der Waals surface area contributed by atoms with Gasteiger partial charge in [0.2, 0.25) is 0 Å². The zero-order chi connectivity index (χ0) is 8.77. The lowest BCUT2D eigenvalue weighted by Crippen LogP contribution is -2.34. The van der Waals surface area contributed by atoms with Gasteiger partial charge < -0.3 is 0 Å². The van der Waals surface area contributed by atoms with Crippen molar-refractivity contribution in [3.63, 3.8) is 0 Å². The molecule has 3 unspecified atom stereocenters. The molecule has 0 aliphatic carbocycles. The fourth-order valence-corrected chi connectivity index (χ4v) is 2.59. The first-order valence-corrected chi connectivity index (χ1v) is 4.43. The van der Waals surface area contributed by atoms with Crippen LogP contribution in [-0.4, -0.2) is 29.7 Å². The molecule has 0 aromatic carbocycles. The third-order valence-corrected chi connectivity index (χ3v) is 3.15. The molecule has 0 radical (unpaired) electrons. The first-order chi connectivity index (χ1) is 5.64. The molecule has 2 heterocycles. The van der Waals surface area contributed by atoms with Gasteiger partial charge in [0, 0.05) is 18.6 Å². The number of nitrogens with zero attached hydrogens (tertiary/aromatic N) is 2. The van der Waals surface area contributed by atoms with Crippen molar-refractivity contribution in [1.29, 1.82) is 5.26 Å². The van der Waals surface area contributed by atoms with Gasteiger partial charge in [-0.3, -0.25) is 4.90 Å². The summed E-state index contributed by atoms with van der Waals surface area (Å²) >= 11 is 0.